The zero-order chi connectivity index (χ0) is 10.9. The Hall–Kier alpha value is 0.350. The van der Waals surface area contributed by atoms with Crippen molar-refractivity contribution >= 4 is 41.7 Å². The third-order valence-electron chi connectivity index (χ3n) is 3.53. The second kappa shape index (κ2) is 5.80. The van der Waals surface area contributed by atoms with Gasteiger partial charge in [-0.2, -0.15) is 11.8 Å². The Bertz CT molecular complexity index is 262. The molecule has 0 radical (unpaired) electrons. The molecule has 0 aromatic rings. The van der Waals surface area contributed by atoms with Crippen LogP contribution in [0, 0.1) is 11.3 Å². The molecule has 1 atom stereocenters. The molecule has 1 aliphatic carbocycles. The minimum atomic E-state index is 0. The lowest BCUT2D eigenvalue weighted by atomic mass is 10.1. The van der Waals surface area contributed by atoms with Crippen molar-refractivity contribution < 1.29 is 0 Å². The number of rotatable bonds is 2. The van der Waals surface area contributed by atoms with Crippen LogP contribution in [0.15, 0.2) is 4.99 Å². The normalized spacial score (nSPS) is 28.5. The Balaban J connectivity index is 0.00000128. The first-order chi connectivity index (χ1) is 7.09. The topological polar surface area (TPSA) is 41.6 Å². The zero-order valence-electron chi connectivity index (χ0n) is 10.1. The quantitative estimate of drug-likeness (QED) is 0.468. The summed E-state index contributed by atoms with van der Waals surface area (Å²) in [5, 5.41) is 0. The van der Waals surface area contributed by atoms with Crippen molar-refractivity contribution in [1.29, 1.82) is 0 Å². The van der Waals surface area contributed by atoms with E-state index in [0.717, 1.165) is 31.5 Å². The summed E-state index contributed by atoms with van der Waals surface area (Å²) in [6.45, 7) is 7.66. The van der Waals surface area contributed by atoms with E-state index in [-0.39, 0.29) is 24.0 Å². The van der Waals surface area contributed by atoms with E-state index in [2.05, 4.69) is 23.7 Å². The van der Waals surface area contributed by atoms with Gasteiger partial charge in [-0.1, -0.05) is 13.8 Å². The predicted molar refractivity (Wildman–Crippen MR) is 82.7 cm³/mol. The van der Waals surface area contributed by atoms with Gasteiger partial charge in [0.25, 0.3) is 0 Å². The molecule has 2 N–H and O–H groups in total. The minimum Gasteiger partial charge on any atom is -0.370 e. The zero-order valence-corrected chi connectivity index (χ0v) is 13.3. The molecule has 1 saturated carbocycles. The first kappa shape index (κ1) is 14.4. The maximum Gasteiger partial charge on any atom is 0.191 e. The second-order valence-corrected chi connectivity index (χ2v) is 6.41. The Morgan fingerprint density at radius 1 is 1.44 bits per heavy atom. The summed E-state index contributed by atoms with van der Waals surface area (Å²) in [6.07, 6.45) is 1.31. The molecule has 0 amide bonds. The highest BCUT2D eigenvalue weighted by Crippen LogP contribution is 2.51. The van der Waals surface area contributed by atoms with Crippen molar-refractivity contribution in [2.24, 2.45) is 22.1 Å². The van der Waals surface area contributed by atoms with Gasteiger partial charge >= 0.3 is 0 Å². The SMILES string of the molecule is CC1(C)CC1CN=C(N)N1CCSCC1.I. The third kappa shape index (κ3) is 3.68. The monoisotopic (exact) mass is 355 g/mol. The van der Waals surface area contributed by atoms with Crippen LogP contribution in [0.4, 0.5) is 0 Å². The van der Waals surface area contributed by atoms with Gasteiger partial charge in [-0.25, -0.2) is 0 Å². The molecule has 2 aliphatic rings. The maximum absolute atomic E-state index is 5.98. The van der Waals surface area contributed by atoms with E-state index in [9.17, 15) is 0 Å². The molecule has 2 fully saturated rings. The molecule has 1 heterocycles. The second-order valence-electron chi connectivity index (χ2n) is 5.19. The van der Waals surface area contributed by atoms with Crippen molar-refractivity contribution in [2.45, 2.75) is 20.3 Å². The highest BCUT2D eigenvalue weighted by molar-refractivity contribution is 14.0. The van der Waals surface area contributed by atoms with Crippen LogP contribution in [0.25, 0.3) is 0 Å². The lowest BCUT2D eigenvalue weighted by molar-refractivity contribution is 0.453. The molecule has 94 valence electrons. The smallest absolute Gasteiger partial charge is 0.191 e. The van der Waals surface area contributed by atoms with Gasteiger partial charge in [-0.05, 0) is 17.8 Å². The van der Waals surface area contributed by atoms with Gasteiger partial charge in [0.1, 0.15) is 0 Å². The highest BCUT2D eigenvalue weighted by atomic mass is 127. The summed E-state index contributed by atoms with van der Waals surface area (Å²) in [4.78, 5) is 6.73. The van der Waals surface area contributed by atoms with Gasteiger partial charge in [-0.3, -0.25) is 4.99 Å². The van der Waals surface area contributed by atoms with E-state index >= 15 is 0 Å². The number of hydrogen-bond acceptors (Lipinski definition) is 2. The number of thioether (sulfide) groups is 1. The first-order valence-electron chi connectivity index (χ1n) is 5.72. The summed E-state index contributed by atoms with van der Waals surface area (Å²) in [6, 6.07) is 0. The molecule has 2 rings (SSSR count). The molecule has 3 nitrogen and oxygen atoms in total. The van der Waals surface area contributed by atoms with Crippen LogP contribution in [-0.2, 0) is 0 Å². The lowest BCUT2D eigenvalue weighted by Crippen LogP contribution is -2.42. The summed E-state index contributed by atoms with van der Waals surface area (Å²) in [7, 11) is 0. The van der Waals surface area contributed by atoms with Gasteiger partial charge < -0.3 is 10.6 Å². The van der Waals surface area contributed by atoms with E-state index in [1.165, 1.54) is 17.9 Å². The Morgan fingerprint density at radius 2 is 2.00 bits per heavy atom. The van der Waals surface area contributed by atoms with E-state index in [4.69, 9.17) is 5.73 Å². The van der Waals surface area contributed by atoms with Gasteiger partial charge in [-0.15, -0.1) is 24.0 Å². The van der Waals surface area contributed by atoms with Crippen molar-refractivity contribution in [3.63, 3.8) is 0 Å². The Kier molecular flexibility index (Phi) is 5.22. The number of nitrogens with zero attached hydrogens (tertiary/aromatic N) is 2. The number of halogens is 1. The highest BCUT2D eigenvalue weighted by Gasteiger charge is 2.45. The van der Waals surface area contributed by atoms with Gasteiger partial charge in [0.05, 0.1) is 0 Å². The number of guanidine groups is 1. The molecular weight excluding hydrogens is 333 g/mol. The van der Waals surface area contributed by atoms with Crippen LogP contribution in [0.5, 0.6) is 0 Å². The average Bonchev–Trinajstić information content (AvgIpc) is 2.84. The fourth-order valence-electron chi connectivity index (χ4n) is 1.98. The van der Waals surface area contributed by atoms with Crippen molar-refractivity contribution in [1.82, 2.24) is 4.90 Å². The van der Waals surface area contributed by atoms with Crippen LogP contribution in [0.3, 0.4) is 0 Å². The van der Waals surface area contributed by atoms with Crippen LogP contribution in [-0.4, -0.2) is 42.0 Å². The van der Waals surface area contributed by atoms with Crippen molar-refractivity contribution in [3.8, 4) is 0 Å². The van der Waals surface area contributed by atoms with Crippen molar-refractivity contribution in [3.05, 3.63) is 0 Å². The van der Waals surface area contributed by atoms with E-state index < -0.39 is 0 Å². The molecular formula is C11H22IN3S. The summed E-state index contributed by atoms with van der Waals surface area (Å²) >= 11 is 2.00. The van der Waals surface area contributed by atoms with E-state index in [0.29, 0.717) is 5.41 Å². The van der Waals surface area contributed by atoms with Crippen LogP contribution in [0.1, 0.15) is 20.3 Å². The van der Waals surface area contributed by atoms with E-state index in [1.54, 1.807) is 0 Å². The number of nitrogens with two attached hydrogens (primary N) is 1. The van der Waals surface area contributed by atoms with Crippen molar-refractivity contribution in [2.75, 3.05) is 31.1 Å². The van der Waals surface area contributed by atoms with E-state index in [1.807, 2.05) is 11.8 Å². The molecule has 5 heteroatoms. The van der Waals surface area contributed by atoms with Gasteiger partial charge in [0.15, 0.2) is 5.96 Å². The summed E-state index contributed by atoms with van der Waals surface area (Å²) in [5.74, 6) is 3.89. The molecule has 0 aromatic heterocycles. The molecule has 1 aliphatic heterocycles. The standard InChI is InChI=1S/C11H21N3S.HI/c1-11(2)7-9(11)8-13-10(12)14-3-5-15-6-4-14;/h9H,3-8H2,1-2H3,(H2,12,13);1H. The molecule has 1 saturated heterocycles. The molecule has 1 unspecified atom stereocenters. The average molecular weight is 355 g/mol. The largest absolute Gasteiger partial charge is 0.370 e. The number of hydrogen-bond donors (Lipinski definition) is 1. The molecule has 0 aromatic carbocycles. The summed E-state index contributed by atoms with van der Waals surface area (Å²) < 4.78 is 0. The Labute approximate surface area is 120 Å². The Morgan fingerprint density at radius 3 is 2.50 bits per heavy atom. The molecule has 0 spiro atoms. The lowest BCUT2D eigenvalue weighted by Gasteiger charge is -2.27. The molecule has 16 heavy (non-hydrogen) atoms. The van der Waals surface area contributed by atoms with Crippen LogP contribution < -0.4 is 5.73 Å². The fourth-order valence-corrected chi connectivity index (χ4v) is 2.89. The first-order valence-corrected chi connectivity index (χ1v) is 6.88. The predicted octanol–water partition coefficient (Wildman–Crippen LogP) is 2.01. The maximum atomic E-state index is 5.98. The van der Waals surface area contributed by atoms with Crippen LogP contribution in [0.2, 0.25) is 0 Å². The molecule has 0 bridgehead atoms. The summed E-state index contributed by atoms with van der Waals surface area (Å²) in [5.41, 5.74) is 6.50. The minimum absolute atomic E-state index is 0. The van der Waals surface area contributed by atoms with Gasteiger partial charge in [0.2, 0.25) is 0 Å². The third-order valence-corrected chi connectivity index (χ3v) is 4.47. The van der Waals surface area contributed by atoms with Gasteiger partial charge in [0, 0.05) is 31.1 Å². The van der Waals surface area contributed by atoms with Crippen LogP contribution >= 0.6 is 35.7 Å². The fraction of sp³-hybridized carbons (Fsp3) is 0.909. The number of aliphatic imine (C=N–C) groups is 1.